The molecule has 2 aromatic rings. The number of hydrogen-bond donors (Lipinski definition) is 2. The maximum absolute atomic E-state index is 10.9. The molecule has 8 heteroatoms. The van der Waals surface area contributed by atoms with Crippen LogP contribution in [0.2, 0.25) is 0 Å². The van der Waals surface area contributed by atoms with Crippen LogP contribution in [0.15, 0.2) is 40.1 Å². The van der Waals surface area contributed by atoms with E-state index in [9.17, 15) is 16.8 Å². The van der Waals surface area contributed by atoms with E-state index < -0.39 is 20.2 Å². The van der Waals surface area contributed by atoms with Crippen LogP contribution in [-0.4, -0.2) is 25.9 Å². The molecule has 0 atom stereocenters. The molecule has 0 spiro atoms. The van der Waals surface area contributed by atoms with Crippen LogP contribution in [0, 0.1) is 6.07 Å². The van der Waals surface area contributed by atoms with Gasteiger partial charge in [0.2, 0.25) is 0 Å². The monoisotopic (exact) mass is 287 g/mol. The van der Waals surface area contributed by atoms with E-state index in [4.69, 9.17) is 9.11 Å². The van der Waals surface area contributed by atoms with E-state index in [0.29, 0.717) is 10.8 Å². The molecule has 2 rings (SSSR count). The summed E-state index contributed by atoms with van der Waals surface area (Å²) < 4.78 is 61.3. The molecule has 18 heavy (non-hydrogen) atoms. The Kier molecular flexibility index (Phi) is 2.90. The van der Waals surface area contributed by atoms with Gasteiger partial charge in [-0.2, -0.15) is 16.8 Å². The van der Waals surface area contributed by atoms with Crippen molar-refractivity contribution >= 4 is 31.0 Å². The quantitative estimate of drug-likeness (QED) is 0.801. The summed E-state index contributed by atoms with van der Waals surface area (Å²) in [6, 6.07) is 8.30. The smallest absolute Gasteiger partial charge is 0.282 e. The Morgan fingerprint density at radius 1 is 0.889 bits per heavy atom. The highest BCUT2D eigenvalue weighted by molar-refractivity contribution is 7.86. The molecule has 2 aromatic carbocycles. The Bertz CT molecular complexity index is 749. The van der Waals surface area contributed by atoms with Crippen LogP contribution in [0.5, 0.6) is 0 Å². The van der Waals surface area contributed by atoms with Crippen molar-refractivity contribution in [1.82, 2.24) is 0 Å². The zero-order valence-electron chi connectivity index (χ0n) is 8.73. The van der Waals surface area contributed by atoms with E-state index in [-0.39, 0.29) is 9.79 Å². The third kappa shape index (κ3) is 2.51. The van der Waals surface area contributed by atoms with Crippen molar-refractivity contribution in [3.05, 3.63) is 36.4 Å². The van der Waals surface area contributed by atoms with Crippen LogP contribution in [0.25, 0.3) is 10.8 Å². The summed E-state index contributed by atoms with van der Waals surface area (Å²) in [5.41, 5.74) is 0. The summed E-state index contributed by atoms with van der Waals surface area (Å²) in [5.74, 6) is 0. The van der Waals surface area contributed by atoms with Crippen molar-refractivity contribution in [1.29, 1.82) is 0 Å². The van der Waals surface area contributed by atoms with Crippen LogP contribution >= 0.6 is 0 Å². The summed E-state index contributed by atoms with van der Waals surface area (Å²) >= 11 is 0. The van der Waals surface area contributed by atoms with E-state index in [1.165, 1.54) is 12.1 Å². The lowest BCUT2D eigenvalue weighted by molar-refractivity contribution is 0.481. The molecule has 0 unspecified atom stereocenters. The lowest BCUT2D eigenvalue weighted by Gasteiger charge is -2.02. The number of benzene rings is 2. The molecule has 0 amide bonds. The van der Waals surface area contributed by atoms with E-state index in [1.54, 1.807) is 0 Å². The van der Waals surface area contributed by atoms with Gasteiger partial charge in [-0.1, -0.05) is 6.07 Å². The van der Waals surface area contributed by atoms with Gasteiger partial charge in [0.15, 0.2) is 0 Å². The highest BCUT2D eigenvalue weighted by Gasteiger charge is 2.13. The third-order valence-corrected chi connectivity index (χ3v) is 3.97. The first kappa shape index (κ1) is 13.0. The maximum Gasteiger partial charge on any atom is 0.294 e. The normalized spacial score (nSPS) is 12.8. The first-order valence-electron chi connectivity index (χ1n) is 4.58. The van der Waals surface area contributed by atoms with Crippen molar-refractivity contribution in [2.24, 2.45) is 0 Å². The maximum atomic E-state index is 10.9. The fraction of sp³-hybridized carbons (Fsp3) is 0. The number of rotatable bonds is 2. The van der Waals surface area contributed by atoms with Gasteiger partial charge in [-0.25, -0.2) is 0 Å². The third-order valence-electron chi connectivity index (χ3n) is 2.29. The number of fused-ring (bicyclic) bond motifs is 1. The van der Waals surface area contributed by atoms with Crippen LogP contribution in [0.1, 0.15) is 0 Å². The van der Waals surface area contributed by atoms with Crippen LogP contribution in [-0.2, 0) is 20.2 Å². The molecule has 0 fully saturated rings. The standard InChI is InChI=1S/C10H7O6S2/c11-17(12,13)9-3-1-7-5-10(18(14,15)16)4-2-8(7)6-9/h1,3-6H,(H,11,12,13)(H,14,15,16). The minimum atomic E-state index is -4.33. The van der Waals surface area contributed by atoms with Gasteiger partial charge in [0, 0.05) is 0 Å². The highest BCUT2D eigenvalue weighted by atomic mass is 32.2. The van der Waals surface area contributed by atoms with Crippen molar-refractivity contribution in [2.45, 2.75) is 9.79 Å². The predicted octanol–water partition coefficient (Wildman–Crippen LogP) is 1.13. The molecule has 0 aliphatic rings. The van der Waals surface area contributed by atoms with Crippen molar-refractivity contribution in [3.63, 3.8) is 0 Å². The van der Waals surface area contributed by atoms with Gasteiger partial charge in [-0.05, 0) is 41.1 Å². The van der Waals surface area contributed by atoms with Crippen molar-refractivity contribution in [2.75, 3.05) is 0 Å². The van der Waals surface area contributed by atoms with Gasteiger partial charge in [0.1, 0.15) is 0 Å². The number of hydrogen-bond acceptors (Lipinski definition) is 4. The van der Waals surface area contributed by atoms with Gasteiger partial charge < -0.3 is 0 Å². The summed E-state index contributed by atoms with van der Waals surface area (Å²) in [5, 5.41) is 0.676. The Labute approximate surface area is 103 Å². The SMILES string of the molecule is O=S(=O)(O)c1ccc2cc(S(=O)(=O)O)c[c]c2c1. The molecule has 0 bridgehead atoms. The second kappa shape index (κ2) is 4.02. The van der Waals surface area contributed by atoms with Crippen molar-refractivity contribution in [3.8, 4) is 0 Å². The predicted molar refractivity (Wildman–Crippen MR) is 62.4 cm³/mol. The van der Waals surface area contributed by atoms with Gasteiger partial charge in [-0.15, -0.1) is 0 Å². The van der Waals surface area contributed by atoms with E-state index in [1.807, 2.05) is 0 Å². The molecule has 0 aliphatic heterocycles. The highest BCUT2D eigenvalue weighted by Crippen LogP contribution is 2.21. The Morgan fingerprint density at radius 2 is 1.50 bits per heavy atom. The van der Waals surface area contributed by atoms with Gasteiger partial charge in [0.05, 0.1) is 9.79 Å². The Hall–Kier alpha value is -1.48. The molecule has 95 valence electrons. The van der Waals surface area contributed by atoms with Gasteiger partial charge in [0.25, 0.3) is 20.2 Å². The fourth-order valence-corrected chi connectivity index (χ4v) is 2.43. The summed E-state index contributed by atoms with van der Waals surface area (Å²) in [7, 11) is -8.65. The lowest BCUT2D eigenvalue weighted by atomic mass is 10.1. The molecule has 1 radical (unpaired) electrons. The topological polar surface area (TPSA) is 109 Å². The van der Waals surface area contributed by atoms with Crippen LogP contribution < -0.4 is 0 Å². The van der Waals surface area contributed by atoms with E-state index >= 15 is 0 Å². The Balaban J connectivity index is 2.70. The summed E-state index contributed by atoms with van der Waals surface area (Å²) in [6.07, 6.45) is 0. The van der Waals surface area contributed by atoms with Crippen LogP contribution in [0.3, 0.4) is 0 Å². The first-order valence-corrected chi connectivity index (χ1v) is 7.46. The minimum absolute atomic E-state index is 0.303. The van der Waals surface area contributed by atoms with Crippen molar-refractivity contribution < 1.29 is 25.9 Å². The van der Waals surface area contributed by atoms with E-state index in [0.717, 1.165) is 18.2 Å². The second-order valence-electron chi connectivity index (χ2n) is 3.53. The minimum Gasteiger partial charge on any atom is -0.282 e. The molecular weight excluding hydrogens is 280 g/mol. The molecular formula is C10H7O6S2. The lowest BCUT2D eigenvalue weighted by Crippen LogP contribution is -1.99. The summed E-state index contributed by atoms with van der Waals surface area (Å²) in [4.78, 5) is -0.652. The Morgan fingerprint density at radius 3 is 2.06 bits per heavy atom. The van der Waals surface area contributed by atoms with E-state index in [2.05, 4.69) is 6.07 Å². The molecule has 6 nitrogen and oxygen atoms in total. The molecule has 0 aliphatic carbocycles. The molecule has 0 aromatic heterocycles. The molecule has 0 saturated heterocycles. The average molecular weight is 287 g/mol. The summed E-state index contributed by atoms with van der Waals surface area (Å²) in [6.45, 7) is 0. The second-order valence-corrected chi connectivity index (χ2v) is 6.38. The average Bonchev–Trinajstić information content (AvgIpc) is 2.25. The largest absolute Gasteiger partial charge is 0.294 e. The zero-order valence-corrected chi connectivity index (χ0v) is 10.4. The fourth-order valence-electron chi connectivity index (χ4n) is 1.44. The van der Waals surface area contributed by atoms with Gasteiger partial charge >= 0.3 is 0 Å². The van der Waals surface area contributed by atoms with Gasteiger partial charge in [-0.3, -0.25) is 9.11 Å². The zero-order chi connectivity index (χ0) is 13.6. The van der Waals surface area contributed by atoms with Crippen LogP contribution in [0.4, 0.5) is 0 Å². The molecule has 0 heterocycles. The molecule has 2 N–H and O–H groups in total. The first-order chi connectivity index (χ1) is 8.18. The molecule has 0 saturated carbocycles.